The molecule has 1 aliphatic carbocycles. The van der Waals surface area contributed by atoms with Crippen LogP contribution in [0.25, 0.3) is 0 Å². The topological polar surface area (TPSA) is 136 Å². The van der Waals surface area contributed by atoms with Gasteiger partial charge in [0.1, 0.15) is 28.8 Å². The van der Waals surface area contributed by atoms with Crippen molar-refractivity contribution in [3.8, 4) is 17.2 Å². The van der Waals surface area contributed by atoms with Gasteiger partial charge in [-0.15, -0.1) is 0 Å². The number of nitrogens with one attached hydrogen (secondary N) is 2. The number of benzene rings is 2. The van der Waals surface area contributed by atoms with E-state index in [0.717, 1.165) is 32.1 Å². The van der Waals surface area contributed by atoms with Gasteiger partial charge in [-0.05, 0) is 75.2 Å². The van der Waals surface area contributed by atoms with Crippen LogP contribution in [0, 0.1) is 6.92 Å². The molecule has 1 saturated carbocycles. The maximum Gasteiger partial charge on any atom is 0.251 e. The lowest BCUT2D eigenvalue weighted by Gasteiger charge is -2.32. The van der Waals surface area contributed by atoms with Crippen molar-refractivity contribution in [2.24, 2.45) is 0 Å². The molecule has 1 fully saturated rings. The Labute approximate surface area is 266 Å². The van der Waals surface area contributed by atoms with Crippen LogP contribution in [0.15, 0.2) is 59.0 Å². The van der Waals surface area contributed by atoms with Crippen molar-refractivity contribution < 1.29 is 37.2 Å². The lowest BCUT2D eigenvalue weighted by Crippen LogP contribution is -2.48. The van der Waals surface area contributed by atoms with Crippen LogP contribution >= 0.6 is 0 Å². The second-order valence-electron chi connectivity index (χ2n) is 10.7. The van der Waals surface area contributed by atoms with E-state index in [4.69, 9.17) is 18.6 Å². The predicted molar refractivity (Wildman–Crippen MR) is 172 cm³/mol. The molecule has 1 aromatic heterocycles. The van der Waals surface area contributed by atoms with E-state index in [-0.39, 0.29) is 11.8 Å². The smallest absolute Gasteiger partial charge is 0.251 e. The number of carbonyl (C=O) groups is 3. The summed E-state index contributed by atoms with van der Waals surface area (Å²) in [6.07, 6.45) is 4.80. The molecule has 3 amide bonds. The van der Waals surface area contributed by atoms with Gasteiger partial charge < -0.3 is 29.3 Å². The van der Waals surface area contributed by atoms with E-state index in [0.29, 0.717) is 41.0 Å². The zero-order valence-corrected chi connectivity index (χ0v) is 26.9. The Morgan fingerprint density at radius 1 is 0.956 bits per heavy atom. The largest absolute Gasteiger partial charge is 0.494 e. The van der Waals surface area contributed by atoms with Gasteiger partial charge in [0.25, 0.3) is 5.91 Å². The summed E-state index contributed by atoms with van der Waals surface area (Å²) < 4.78 is 35.4. The van der Waals surface area contributed by atoms with Crippen LogP contribution in [-0.4, -0.2) is 60.3 Å². The molecule has 0 radical (unpaired) electrons. The van der Waals surface area contributed by atoms with Crippen LogP contribution in [0.5, 0.6) is 17.2 Å². The number of hydrogen-bond donors (Lipinski definition) is 2. The van der Waals surface area contributed by atoms with Crippen molar-refractivity contribution in [1.82, 2.24) is 5.32 Å². The molecule has 0 unspecified atom stereocenters. The van der Waals surface area contributed by atoms with Crippen molar-refractivity contribution in [1.29, 1.82) is 0 Å². The van der Waals surface area contributed by atoms with E-state index < -0.39 is 46.1 Å². The molecular formula is C33H41N3O8S. The number of nitrogens with zero attached hydrogens (tertiary/aromatic N) is 1. The Morgan fingerprint density at radius 2 is 1.67 bits per heavy atom. The van der Waals surface area contributed by atoms with Gasteiger partial charge in [-0.25, -0.2) is 0 Å². The number of methoxy groups -OCH3 is 2. The summed E-state index contributed by atoms with van der Waals surface area (Å²) in [7, 11) is 1.06. The second kappa shape index (κ2) is 16.1. The molecule has 2 atom stereocenters. The summed E-state index contributed by atoms with van der Waals surface area (Å²) in [5.41, 5.74) is 0.817. The molecule has 0 aliphatic heterocycles. The highest BCUT2D eigenvalue weighted by molar-refractivity contribution is 7.86. The first kappa shape index (κ1) is 33.6. The third-order valence-electron chi connectivity index (χ3n) is 7.43. The minimum Gasteiger partial charge on any atom is -0.494 e. The van der Waals surface area contributed by atoms with Crippen molar-refractivity contribution in [3.63, 3.8) is 0 Å². The Kier molecular flexibility index (Phi) is 12.0. The molecular weight excluding hydrogens is 598 g/mol. The monoisotopic (exact) mass is 639 g/mol. The van der Waals surface area contributed by atoms with Crippen LogP contribution in [0.2, 0.25) is 0 Å². The van der Waals surface area contributed by atoms with Crippen LogP contribution in [0.3, 0.4) is 0 Å². The van der Waals surface area contributed by atoms with E-state index >= 15 is 0 Å². The number of hydrogen-bond acceptors (Lipinski definition) is 8. The Morgan fingerprint density at radius 3 is 2.29 bits per heavy atom. The molecule has 242 valence electrons. The van der Waals surface area contributed by atoms with Gasteiger partial charge in [0.15, 0.2) is 17.5 Å². The van der Waals surface area contributed by atoms with Gasteiger partial charge in [-0.1, -0.05) is 19.3 Å². The van der Waals surface area contributed by atoms with Gasteiger partial charge in [0.05, 0.1) is 20.8 Å². The van der Waals surface area contributed by atoms with E-state index in [2.05, 4.69) is 10.6 Å². The third-order valence-corrected chi connectivity index (χ3v) is 8.58. The number of furan rings is 1. The standard InChI is InChI=1S/C33H41N3O8S/c1-5-43-26-15-12-24(13-16-26)34-30(37)20-45(40)21-31(38)36(25-14-18-27(41-3)29(19-25)42-4)32(28-17-11-22(2)44-28)33(39)35-23-9-7-6-8-10-23/h11-19,23,32H,5-10,20-21H2,1-4H3,(H,34,37)(H,35,39)/t32-,45-/m0/s1. The fraction of sp³-hybridized carbons (Fsp3) is 0.424. The third kappa shape index (κ3) is 9.10. The van der Waals surface area contributed by atoms with Gasteiger partial charge in [-0.2, -0.15) is 0 Å². The average molecular weight is 640 g/mol. The molecule has 2 N–H and O–H groups in total. The minimum absolute atomic E-state index is 0.0346. The summed E-state index contributed by atoms with van der Waals surface area (Å²) in [4.78, 5) is 42.0. The summed E-state index contributed by atoms with van der Waals surface area (Å²) in [5.74, 6) is -0.255. The summed E-state index contributed by atoms with van der Waals surface area (Å²) in [6.45, 7) is 4.14. The van der Waals surface area contributed by atoms with Gasteiger partial charge in [0.2, 0.25) is 11.8 Å². The Hall–Kier alpha value is -4.32. The quantitative estimate of drug-likeness (QED) is 0.254. The fourth-order valence-electron chi connectivity index (χ4n) is 5.32. The predicted octanol–water partition coefficient (Wildman–Crippen LogP) is 4.91. The molecule has 12 heteroatoms. The molecule has 1 aliphatic rings. The van der Waals surface area contributed by atoms with Crippen molar-refractivity contribution in [2.45, 2.75) is 58.0 Å². The molecule has 0 spiro atoms. The highest BCUT2D eigenvalue weighted by atomic mass is 32.2. The molecule has 3 aromatic rings. The second-order valence-corrected chi connectivity index (χ2v) is 12.2. The highest BCUT2D eigenvalue weighted by Crippen LogP contribution is 2.36. The van der Waals surface area contributed by atoms with Crippen LogP contribution in [0.4, 0.5) is 11.4 Å². The molecule has 0 bridgehead atoms. The molecule has 11 nitrogen and oxygen atoms in total. The first-order valence-electron chi connectivity index (χ1n) is 15.0. The number of carbonyl (C=O) groups excluding carboxylic acids is 3. The SMILES string of the molecule is CCOc1ccc(NC(=O)C[S@](=O)CC(=O)N(c2ccc(OC)c(OC)c2)[C@H](C(=O)NC2CCCCC2)c2ccc(C)o2)cc1. The van der Waals surface area contributed by atoms with Crippen molar-refractivity contribution in [2.75, 3.05) is 42.5 Å². The number of aryl methyl sites for hydroxylation is 1. The number of amides is 3. The van der Waals surface area contributed by atoms with E-state index in [1.165, 1.54) is 19.1 Å². The van der Waals surface area contributed by atoms with Gasteiger partial charge in [0, 0.05) is 34.3 Å². The van der Waals surface area contributed by atoms with Crippen LogP contribution < -0.4 is 29.7 Å². The first-order chi connectivity index (χ1) is 21.7. The maximum atomic E-state index is 14.1. The summed E-state index contributed by atoms with van der Waals surface area (Å²) in [6, 6.07) is 13.7. The van der Waals surface area contributed by atoms with Gasteiger partial charge >= 0.3 is 0 Å². The van der Waals surface area contributed by atoms with Gasteiger partial charge in [-0.3, -0.25) is 23.5 Å². The maximum absolute atomic E-state index is 14.1. The Balaban J connectivity index is 1.60. The summed E-state index contributed by atoms with van der Waals surface area (Å²) in [5, 5.41) is 5.81. The Bertz CT molecular complexity index is 1480. The molecule has 45 heavy (non-hydrogen) atoms. The summed E-state index contributed by atoms with van der Waals surface area (Å²) >= 11 is 0. The van der Waals surface area contributed by atoms with Crippen LogP contribution in [-0.2, 0) is 25.2 Å². The normalized spacial score (nSPS) is 14.6. The lowest BCUT2D eigenvalue weighted by atomic mass is 9.95. The van der Waals surface area contributed by atoms with Crippen molar-refractivity contribution in [3.05, 3.63) is 66.1 Å². The van der Waals surface area contributed by atoms with Crippen molar-refractivity contribution >= 4 is 39.9 Å². The molecule has 2 aromatic carbocycles. The zero-order valence-electron chi connectivity index (χ0n) is 26.1. The number of ether oxygens (including phenoxy) is 3. The zero-order chi connectivity index (χ0) is 32.3. The number of anilines is 2. The van der Waals surface area contributed by atoms with E-state index in [1.807, 2.05) is 6.92 Å². The average Bonchev–Trinajstić information content (AvgIpc) is 3.46. The van der Waals surface area contributed by atoms with Crippen LogP contribution in [0.1, 0.15) is 56.6 Å². The lowest BCUT2D eigenvalue weighted by molar-refractivity contribution is -0.127. The first-order valence-corrected chi connectivity index (χ1v) is 16.5. The van der Waals surface area contributed by atoms with E-state index in [9.17, 15) is 18.6 Å². The minimum atomic E-state index is -1.90. The molecule has 1 heterocycles. The number of rotatable bonds is 14. The highest BCUT2D eigenvalue weighted by Gasteiger charge is 2.37. The molecule has 4 rings (SSSR count). The molecule has 0 saturated heterocycles. The van der Waals surface area contributed by atoms with E-state index in [1.54, 1.807) is 61.5 Å². The fourth-order valence-corrected chi connectivity index (χ4v) is 6.20.